The molecule has 3 aromatic rings. The molecule has 0 bridgehead atoms. The Bertz CT molecular complexity index is 1230. The Labute approximate surface area is 188 Å². The third-order valence-electron chi connectivity index (χ3n) is 5.60. The predicted octanol–water partition coefficient (Wildman–Crippen LogP) is 5.24. The Morgan fingerprint density at radius 2 is 1.87 bits per heavy atom. The highest BCUT2D eigenvalue weighted by molar-refractivity contribution is 7.06. The van der Waals surface area contributed by atoms with Crippen molar-refractivity contribution in [1.82, 2.24) is 14.3 Å². The number of aromatic nitrogens is 2. The largest absolute Gasteiger partial charge is 0.334 e. The number of carbonyl (C=O) groups is 1. The molecular formula is C22H21Cl2N3O2S. The van der Waals surface area contributed by atoms with Gasteiger partial charge in [-0.25, -0.2) is 0 Å². The number of hydrogen-bond donors (Lipinski definition) is 1. The van der Waals surface area contributed by atoms with Gasteiger partial charge in [0, 0.05) is 38.8 Å². The Morgan fingerprint density at radius 3 is 2.50 bits per heavy atom. The number of pyridine rings is 1. The van der Waals surface area contributed by atoms with Gasteiger partial charge in [-0.2, -0.15) is 4.37 Å². The number of hydrogen-bond acceptors (Lipinski definition) is 4. The van der Waals surface area contributed by atoms with Crippen LogP contribution >= 0.6 is 34.7 Å². The first-order valence-electron chi connectivity index (χ1n) is 9.61. The molecule has 0 atom stereocenters. The molecular weight excluding hydrogens is 441 g/mol. The molecule has 1 aromatic carbocycles. The fourth-order valence-corrected chi connectivity index (χ4v) is 5.46. The van der Waals surface area contributed by atoms with Crippen molar-refractivity contribution in [2.75, 3.05) is 6.54 Å². The summed E-state index contributed by atoms with van der Waals surface area (Å²) in [6.45, 7) is 8.33. The van der Waals surface area contributed by atoms with Gasteiger partial charge in [0.1, 0.15) is 0 Å². The van der Waals surface area contributed by atoms with E-state index in [1.54, 1.807) is 4.90 Å². The summed E-state index contributed by atoms with van der Waals surface area (Å²) in [6.07, 6.45) is 0.586. The molecule has 30 heavy (non-hydrogen) atoms. The average molecular weight is 462 g/mol. The summed E-state index contributed by atoms with van der Waals surface area (Å²) in [7, 11) is 0. The van der Waals surface area contributed by atoms with E-state index in [1.165, 1.54) is 11.5 Å². The fraction of sp³-hybridized carbons (Fsp3) is 0.318. The Hall–Kier alpha value is -2.15. The minimum absolute atomic E-state index is 0.167. The molecule has 0 aliphatic carbocycles. The number of halogens is 2. The number of H-pyrrole nitrogens is 1. The lowest BCUT2D eigenvalue weighted by molar-refractivity contribution is 0.0726. The second-order valence-corrected chi connectivity index (χ2v) is 9.46. The highest BCUT2D eigenvalue weighted by Gasteiger charge is 2.31. The fourth-order valence-electron chi connectivity index (χ4n) is 4.11. The lowest BCUT2D eigenvalue weighted by Crippen LogP contribution is -2.39. The zero-order chi connectivity index (χ0) is 21.7. The van der Waals surface area contributed by atoms with Crippen LogP contribution in [0.25, 0.3) is 11.1 Å². The van der Waals surface area contributed by atoms with Crippen LogP contribution in [0.3, 0.4) is 0 Å². The summed E-state index contributed by atoms with van der Waals surface area (Å²) >= 11 is 14.8. The van der Waals surface area contributed by atoms with Gasteiger partial charge in [0.25, 0.3) is 11.5 Å². The van der Waals surface area contributed by atoms with Crippen molar-refractivity contribution < 1.29 is 4.79 Å². The zero-order valence-electron chi connectivity index (χ0n) is 17.2. The monoisotopic (exact) mass is 461 g/mol. The molecule has 0 fully saturated rings. The van der Waals surface area contributed by atoms with E-state index in [0.29, 0.717) is 34.1 Å². The Balaban J connectivity index is 1.79. The van der Waals surface area contributed by atoms with Gasteiger partial charge >= 0.3 is 0 Å². The van der Waals surface area contributed by atoms with Crippen LogP contribution in [-0.4, -0.2) is 26.7 Å². The number of aromatic amines is 1. The van der Waals surface area contributed by atoms with Crippen molar-refractivity contribution in [3.8, 4) is 11.1 Å². The van der Waals surface area contributed by atoms with Gasteiger partial charge in [-0.3, -0.25) is 9.59 Å². The van der Waals surface area contributed by atoms with E-state index in [1.807, 2.05) is 39.8 Å². The molecule has 5 nitrogen and oxygen atoms in total. The van der Waals surface area contributed by atoms with Crippen LogP contribution in [0, 0.1) is 27.7 Å². The lowest BCUT2D eigenvalue weighted by atomic mass is 9.93. The van der Waals surface area contributed by atoms with Gasteiger partial charge in [0.2, 0.25) is 0 Å². The SMILES string of the molecule is Cc1cc(C)c(CN2CCc3c(Cl)cc(-c4c(C)nsc4C)c(Cl)c3C2=O)c(=O)[nH]1. The van der Waals surface area contributed by atoms with Gasteiger partial charge < -0.3 is 9.88 Å². The summed E-state index contributed by atoms with van der Waals surface area (Å²) in [4.78, 5) is 31.4. The summed E-state index contributed by atoms with van der Waals surface area (Å²) in [5.74, 6) is -0.206. The van der Waals surface area contributed by atoms with E-state index in [-0.39, 0.29) is 18.0 Å². The first-order chi connectivity index (χ1) is 14.2. The van der Waals surface area contributed by atoms with Crippen LogP contribution in [0.2, 0.25) is 10.0 Å². The third-order valence-corrected chi connectivity index (χ3v) is 7.17. The minimum atomic E-state index is -0.206. The van der Waals surface area contributed by atoms with E-state index < -0.39 is 0 Å². The van der Waals surface area contributed by atoms with E-state index >= 15 is 0 Å². The van der Waals surface area contributed by atoms with Crippen molar-refractivity contribution in [2.24, 2.45) is 0 Å². The molecule has 0 saturated heterocycles. The van der Waals surface area contributed by atoms with Gasteiger partial charge in [0.15, 0.2) is 0 Å². The number of nitrogens with zero attached hydrogens (tertiary/aromatic N) is 2. The first-order valence-corrected chi connectivity index (χ1v) is 11.1. The number of fused-ring (bicyclic) bond motifs is 1. The molecule has 3 heterocycles. The summed E-state index contributed by atoms with van der Waals surface area (Å²) in [5, 5.41) is 0.928. The molecule has 4 rings (SSSR count). The van der Waals surface area contributed by atoms with E-state index in [4.69, 9.17) is 23.2 Å². The van der Waals surface area contributed by atoms with E-state index in [0.717, 1.165) is 38.5 Å². The summed E-state index contributed by atoms with van der Waals surface area (Å²) in [5.41, 5.74) is 5.78. The van der Waals surface area contributed by atoms with Crippen LogP contribution in [0.4, 0.5) is 0 Å². The number of nitrogens with one attached hydrogen (secondary N) is 1. The quantitative estimate of drug-likeness (QED) is 0.579. The van der Waals surface area contributed by atoms with Crippen LogP contribution in [0.1, 0.15) is 43.3 Å². The van der Waals surface area contributed by atoms with Crippen molar-refractivity contribution >= 4 is 40.6 Å². The molecule has 1 N–H and O–H groups in total. The molecule has 8 heteroatoms. The number of carbonyl (C=O) groups excluding carboxylic acids is 1. The standard InChI is InChI=1S/C22H21Cl2N3O2S/c1-10-7-11(2)25-21(28)16(10)9-27-6-5-14-17(23)8-15(20(24)19(14)22(27)29)18-12(3)26-30-13(18)4/h7-8H,5-6,9H2,1-4H3,(H,25,28). The lowest BCUT2D eigenvalue weighted by Gasteiger charge is -2.30. The summed E-state index contributed by atoms with van der Waals surface area (Å²) < 4.78 is 4.40. The smallest absolute Gasteiger partial charge is 0.256 e. The van der Waals surface area contributed by atoms with Gasteiger partial charge in [0.05, 0.1) is 22.8 Å². The number of benzene rings is 1. The minimum Gasteiger partial charge on any atom is -0.334 e. The third kappa shape index (κ3) is 3.47. The van der Waals surface area contributed by atoms with Gasteiger partial charge in [-0.05, 0) is 68.9 Å². The van der Waals surface area contributed by atoms with Crippen LogP contribution in [0.5, 0.6) is 0 Å². The van der Waals surface area contributed by atoms with Crippen molar-refractivity contribution in [3.05, 3.63) is 71.1 Å². The number of aryl methyl sites for hydroxylation is 4. The predicted molar refractivity (Wildman–Crippen MR) is 122 cm³/mol. The maximum atomic E-state index is 13.4. The molecule has 2 aromatic heterocycles. The average Bonchev–Trinajstić information content (AvgIpc) is 3.00. The van der Waals surface area contributed by atoms with Crippen LogP contribution < -0.4 is 5.56 Å². The summed E-state index contributed by atoms with van der Waals surface area (Å²) in [6, 6.07) is 3.75. The zero-order valence-corrected chi connectivity index (χ0v) is 19.5. The normalized spacial score (nSPS) is 13.7. The maximum Gasteiger partial charge on any atom is 0.256 e. The first kappa shape index (κ1) is 21.1. The highest BCUT2D eigenvalue weighted by Crippen LogP contribution is 2.42. The molecule has 0 unspecified atom stereocenters. The van der Waals surface area contributed by atoms with Crippen molar-refractivity contribution in [3.63, 3.8) is 0 Å². The van der Waals surface area contributed by atoms with Crippen LogP contribution in [-0.2, 0) is 13.0 Å². The van der Waals surface area contributed by atoms with Crippen molar-refractivity contribution in [2.45, 2.75) is 40.7 Å². The molecule has 1 amide bonds. The van der Waals surface area contributed by atoms with Gasteiger partial charge in [-0.15, -0.1) is 0 Å². The number of rotatable bonds is 3. The second-order valence-electron chi connectivity index (χ2n) is 7.69. The topological polar surface area (TPSA) is 66.1 Å². The maximum absolute atomic E-state index is 13.4. The number of amides is 1. The molecule has 0 saturated carbocycles. The second kappa shape index (κ2) is 7.84. The molecule has 0 radical (unpaired) electrons. The van der Waals surface area contributed by atoms with Gasteiger partial charge in [-0.1, -0.05) is 23.2 Å². The molecule has 1 aliphatic rings. The van der Waals surface area contributed by atoms with E-state index in [2.05, 4.69) is 9.36 Å². The Morgan fingerprint density at radius 1 is 1.13 bits per heavy atom. The molecule has 1 aliphatic heterocycles. The molecule has 156 valence electrons. The molecule has 0 spiro atoms. The van der Waals surface area contributed by atoms with Crippen LogP contribution in [0.15, 0.2) is 16.9 Å². The van der Waals surface area contributed by atoms with Crippen molar-refractivity contribution in [1.29, 1.82) is 0 Å². The Kier molecular flexibility index (Phi) is 5.51. The van der Waals surface area contributed by atoms with E-state index in [9.17, 15) is 9.59 Å². The highest BCUT2D eigenvalue weighted by atomic mass is 35.5.